The summed E-state index contributed by atoms with van der Waals surface area (Å²) in [6.45, 7) is 0. The van der Waals surface area contributed by atoms with Gasteiger partial charge in [-0.25, -0.2) is 12.8 Å². The van der Waals surface area contributed by atoms with E-state index in [0.29, 0.717) is 0 Å². The van der Waals surface area contributed by atoms with Crippen molar-refractivity contribution in [1.29, 1.82) is 0 Å². The topological polar surface area (TPSA) is 94.3 Å². The summed E-state index contributed by atoms with van der Waals surface area (Å²) in [5, 5.41) is 10.5. The van der Waals surface area contributed by atoms with Crippen molar-refractivity contribution in [3.63, 3.8) is 0 Å². The Labute approximate surface area is 125 Å². The minimum Gasteiger partial charge on any atom is -0.293 e. The van der Waals surface area contributed by atoms with Crippen LogP contribution in [-0.2, 0) is 9.84 Å². The van der Waals surface area contributed by atoms with E-state index in [1.54, 1.807) is 0 Å². The van der Waals surface area contributed by atoms with Crippen LogP contribution in [0.15, 0.2) is 53.4 Å². The maximum Gasteiger partial charge on any atom is 0.269 e. The number of nitro benzene ring substituents is 1. The molecule has 0 aliphatic heterocycles. The molecule has 2 aromatic carbocycles. The lowest BCUT2D eigenvalue weighted by molar-refractivity contribution is -0.384. The van der Waals surface area contributed by atoms with Crippen molar-refractivity contribution in [2.24, 2.45) is 0 Å². The quantitative estimate of drug-likeness (QED) is 0.478. The van der Waals surface area contributed by atoms with E-state index in [-0.39, 0.29) is 16.1 Å². The van der Waals surface area contributed by atoms with Gasteiger partial charge in [0.1, 0.15) is 11.6 Å². The van der Waals surface area contributed by atoms with Gasteiger partial charge in [0.2, 0.25) is 0 Å². The number of sulfone groups is 1. The summed E-state index contributed by atoms with van der Waals surface area (Å²) in [7, 11) is -3.96. The van der Waals surface area contributed by atoms with Crippen molar-refractivity contribution in [2.75, 3.05) is 5.75 Å². The molecule has 0 fully saturated rings. The van der Waals surface area contributed by atoms with Gasteiger partial charge in [-0.1, -0.05) is 12.1 Å². The Kier molecular flexibility index (Phi) is 4.32. The van der Waals surface area contributed by atoms with Crippen molar-refractivity contribution in [3.8, 4) is 0 Å². The van der Waals surface area contributed by atoms with Crippen molar-refractivity contribution in [3.05, 3.63) is 70.0 Å². The highest BCUT2D eigenvalue weighted by atomic mass is 32.2. The van der Waals surface area contributed by atoms with Gasteiger partial charge in [-0.15, -0.1) is 0 Å². The number of Topliss-reactive ketones (excluding diaryl/α,β-unsaturated/α-hetero) is 1. The molecule has 2 rings (SSSR count). The molecule has 2 aromatic rings. The van der Waals surface area contributed by atoms with Crippen LogP contribution < -0.4 is 0 Å². The standard InChI is InChI=1S/C14H10FNO5S/c15-11-3-1-2-10(8-11)14(17)9-22(20,21)13-6-4-12(5-7-13)16(18)19/h1-8H,9H2. The summed E-state index contributed by atoms with van der Waals surface area (Å²) in [5.74, 6) is -2.23. The molecule has 0 radical (unpaired) electrons. The van der Waals surface area contributed by atoms with Crippen LogP contribution in [0.1, 0.15) is 10.4 Å². The number of non-ortho nitro benzene ring substituents is 1. The van der Waals surface area contributed by atoms with E-state index in [1.165, 1.54) is 12.1 Å². The Bertz CT molecular complexity index is 831. The summed E-state index contributed by atoms with van der Waals surface area (Å²) < 4.78 is 37.2. The van der Waals surface area contributed by atoms with Crippen LogP contribution in [0, 0.1) is 15.9 Å². The molecule has 0 unspecified atom stereocenters. The summed E-state index contributed by atoms with van der Waals surface area (Å²) in [6.07, 6.45) is 0. The Morgan fingerprint density at radius 1 is 1.14 bits per heavy atom. The third kappa shape index (κ3) is 3.53. The lowest BCUT2D eigenvalue weighted by Gasteiger charge is -2.04. The molecule has 0 aromatic heterocycles. The summed E-state index contributed by atoms with van der Waals surface area (Å²) in [6, 6.07) is 8.92. The van der Waals surface area contributed by atoms with E-state index in [1.807, 2.05) is 0 Å². The molecular formula is C14H10FNO5S. The Morgan fingerprint density at radius 3 is 2.32 bits per heavy atom. The van der Waals surface area contributed by atoms with E-state index in [4.69, 9.17) is 0 Å². The number of benzene rings is 2. The fraction of sp³-hybridized carbons (Fsp3) is 0.0714. The zero-order valence-electron chi connectivity index (χ0n) is 11.1. The lowest BCUT2D eigenvalue weighted by atomic mass is 10.1. The van der Waals surface area contributed by atoms with E-state index in [9.17, 15) is 27.7 Å². The first-order valence-corrected chi connectivity index (χ1v) is 7.71. The maximum atomic E-state index is 13.0. The second-order valence-corrected chi connectivity index (χ2v) is 6.43. The third-order valence-corrected chi connectivity index (χ3v) is 4.51. The van der Waals surface area contributed by atoms with Crippen molar-refractivity contribution in [2.45, 2.75) is 4.90 Å². The Morgan fingerprint density at radius 2 is 1.77 bits per heavy atom. The van der Waals surface area contributed by atoms with E-state index in [2.05, 4.69) is 0 Å². The molecule has 0 saturated carbocycles. The van der Waals surface area contributed by atoms with Crippen LogP contribution >= 0.6 is 0 Å². The second-order valence-electron chi connectivity index (χ2n) is 4.44. The SMILES string of the molecule is O=C(CS(=O)(=O)c1ccc([N+](=O)[O-])cc1)c1cccc(F)c1. The molecule has 114 valence electrons. The fourth-order valence-corrected chi connectivity index (χ4v) is 3.01. The lowest BCUT2D eigenvalue weighted by Crippen LogP contribution is -2.16. The van der Waals surface area contributed by atoms with Crippen molar-refractivity contribution in [1.82, 2.24) is 0 Å². The molecule has 8 heteroatoms. The summed E-state index contributed by atoms with van der Waals surface area (Å²) in [4.78, 5) is 21.6. The number of rotatable bonds is 5. The summed E-state index contributed by atoms with van der Waals surface area (Å²) in [5.41, 5.74) is -0.305. The minimum absolute atomic E-state index is 0.0505. The van der Waals surface area contributed by atoms with Crippen molar-refractivity contribution < 1.29 is 22.5 Å². The predicted octanol–water partition coefficient (Wildman–Crippen LogP) is 2.39. The van der Waals surface area contributed by atoms with E-state index in [0.717, 1.165) is 36.4 Å². The number of halogens is 1. The number of ketones is 1. The van der Waals surface area contributed by atoms with Gasteiger partial charge in [-0.2, -0.15) is 0 Å². The molecule has 0 N–H and O–H groups in total. The van der Waals surface area contributed by atoms with Gasteiger partial charge in [0.05, 0.1) is 9.82 Å². The van der Waals surface area contributed by atoms with Crippen LogP contribution in [-0.4, -0.2) is 24.9 Å². The van der Waals surface area contributed by atoms with Crippen LogP contribution in [0.5, 0.6) is 0 Å². The van der Waals surface area contributed by atoms with Gasteiger partial charge in [0.25, 0.3) is 5.69 Å². The van der Waals surface area contributed by atoms with Crippen LogP contribution in [0.25, 0.3) is 0 Å². The molecule has 0 bridgehead atoms. The van der Waals surface area contributed by atoms with Gasteiger partial charge in [0.15, 0.2) is 15.6 Å². The largest absolute Gasteiger partial charge is 0.293 e. The molecule has 0 heterocycles. The molecule has 22 heavy (non-hydrogen) atoms. The van der Waals surface area contributed by atoms with E-state index < -0.39 is 32.1 Å². The first-order chi connectivity index (χ1) is 10.3. The zero-order chi connectivity index (χ0) is 16.3. The zero-order valence-corrected chi connectivity index (χ0v) is 11.9. The maximum absolute atomic E-state index is 13.0. The summed E-state index contributed by atoms with van der Waals surface area (Å²) >= 11 is 0. The average Bonchev–Trinajstić information content (AvgIpc) is 2.47. The predicted molar refractivity (Wildman–Crippen MR) is 75.9 cm³/mol. The first-order valence-electron chi connectivity index (χ1n) is 6.05. The average molecular weight is 323 g/mol. The second kappa shape index (κ2) is 6.02. The Hall–Kier alpha value is -2.61. The van der Waals surface area contributed by atoms with Gasteiger partial charge in [-0.05, 0) is 24.3 Å². The van der Waals surface area contributed by atoms with Gasteiger partial charge in [0, 0.05) is 17.7 Å². The molecule has 0 spiro atoms. The number of carbonyl (C=O) groups excluding carboxylic acids is 1. The molecule has 6 nitrogen and oxygen atoms in total. The minimum atomic E-state index is -3.96. The normalized spacial score (nSPS) is 11.1. The molecule has 0 amide bonds. The van der Waals surface area contributed by atoms with Gasteiger partial charge < -0.3 is 0 Å². The number of nitrogens with zero attached hydrogens (tertiary/aromatic N) is 1. The van der Waals surface area contributed by atoms with Crippen LogP contribution in [0.2, 0.25) is 0 Å². The monoisotopic (exact) mass is 323 g/mol. The first kappa shape index (κ1) is 15.8. The highest BCUT2D eigenvalue weighted by Crippen LogP contribution is 2.18. The van der Waals surface area contributed by atoms with E-state index >= 15 is 0 Å². The van der Waals surface area contributed by atoms with Gasteiger partial charge in [-0.3, -0.25) is 14.9 Å². The van der Waals surface area contributed by atoms with Crippen LogP contribution in [0.4, 0.5) is 10.1 Å². The van der Waals surface area contributed by atoms with Gasteiger partial charge >= 0.3 is 0 Å². The highest BCUT2D eigenvalue weighted by Gasteiger charge is 2.21. The molecule has 0 saturated heterocycles. The van der Waals surface area contributed by atoms with Crippen molar-refractivity contribution >= 4 is 21.3 Å². The number of carbonyl (C=O) groups is 1. The molecular weight excluding hydrogens is 313 g/mol. The fourth-order valence-electron chi connectivity index (χ4n) is 1.78. The molecule has 0 aliphatic carbocycles. The third-order valence-electron chi connectivity index (χ3n) is 2.87. The molecule has 0 atom stereocenters. The smallest absolute Gasteiger partial charge is 0.269 e. The number of hydrogen-bond donors (Lipinski definition) is 0. The number of nitro groups is 1. The Balaban J connectivity index is 2.24. The molecule has 0 aliphatic rings. The van der Waals surface area contributed by atoms with Crippen LogP contribution in [0.3, 0.4) is 0 Å². The number of hydrogen-bond acceptors (Lipinski definition) is 5. The highest BCUT2D eigenvalue weighted by molar-refractivity contribution is 7.92.